The Morgan fingerprint density at radius 3 is 2.23 bits per heavy atom. The van der Waals surface area contributed by atoms with Gasteiger partial charge in [0.25, 0.3) is 10.0 Å². The van der Waals surface area contributed by atoms with Crippen molar-refractivity contribution in [1.82, 2.24) is 9.03 Å². The van der Waals surface area contributed by atoms with Crippen LogP contribution in [0.1, 0.15) is 54.9 Å². The van der Waals surface area contributed by atoms with Gasteiger partial charge in [-0.3, -0.25) is 0 Å². The molecule has 0 radical (unpaired) electrons. The van der Waals surface area contributed by atoms with Crippen molar-refractivity contribution in [1.29, 1.82) is 0 Å². The summed E-state index contributed by atoms with van der Waals surface area (Å²) in [5.74, 6) is 0. The molecule has 2 N–H and O–H groups in total. The fourth-order valence-corrected chi connectivity index (χ4v) is 7.40. The highest BCUT2D eigenvalue weighted by molar-refractivity contribution is 7.93. The Morgan fingerprint density at radius 2 is 1.65 bits per heavy atom. The van der Waals surface area contributed by atoms with Crippen molar-refractivity contribution in [3.05, 3.63) is 39.8 Å². The lowest BCUT2D eigenvalue weighted by Gasteiger charge is -2.30. The molecular formula is C21H29N3O5S2. The van der Waals surface area contributed by atoms with Gasteiger partial charge in [-0.05, 0) is 80.5 Å². The fourth-order valence-electron chi connectivity index (χ4n) is 5.18. The Labute approximate surface area is 184 Å². The predicted molar refractivity (Wildman–Crippen MR) is 120 cm³/mol. The highest BCUT2D eigenvalue weighted by Crippen LogP contribution is 2.38. The number of carbonyl (C=O) groups is 1. The van der Waals surface area contributed by atoms with Gasteiger partial charge in [0.05, 0.1) is 11.8 Å². The van der Waals surface area contributed by atoms with Crippen molar-refractivity contribution in [3.8, 4) is 0 Å². The van der Waals surface area contributed by atoms with Gasteiger partial charge in [-0.25, -0.2) is 26.4 Å². The number of hydrogen-bond acceptors (Lipinski definition) is 5. The summed E-state index contributed by atoms with van der Waals surface area (Å²) in [5, 5.41) is 3.70. The number of sulfonamides is 2. The monoisotopic (exact) mass is 467 g/mol. The summed E-state index contributed by atoms with van der Waals surface area (Å²) >= 11 is 0. The third-order valence-corrected chi connectivity index (χ3v) is 8.93. The van der Waals surface area contributed by atoms with Crippen molar-refractivity contribution in [2.24, 2.45) is 0 Å². The summed E-state index contributed by atoms with van der Waals surface area (Å²) in [6, 6.07) is 1.44. The molecule has 2 amide bonds. The van der Waals surface area contributed by atoms with Gasteiger partial charge in [0, 0.05) is 17.6 Å². The van der Waals surface area contributed by atoms with E-state index < -0.39 is 31.6 Å². The van der Waals surface area contributed by atoms with Crippen LogP contribution in [0.4, 0.5) is 10.5 Å². The molecular weight excluding hydrogens is 438 g/mol. The fraction of sp³-hybridized carbons (Fsp3) is 0.571. The van der Waals surface area contributed by atoms with Crippen LogP contribution in [0.15, 0.2) is 17.6 Å². The van der Waals surface area contributed by atoms with Gasteiger partial charge in [0.1, 0.15) is 0 Å². The van der Waals surface area contributed by atoms with E-state index >= 15 is 0 Å². The number of carbonyl (C=O) groups excluding carboxylic acids is 1. The molecule has 1 aromatic carbocycles. The predicted octanol–water partition coefficient (Wildman–Crippen LogP) is 2.44. The maximum atomic E-state index is 12.6. The van der Waals surface area contributed by atoms with Crippen LogP contribution in [0.25, 0.3) is 0 Å². The lowest BCUT2D eigenvalue weighted by atomic mass is 9.99. The van der Waals surface area contributed by atoms with Gasteiger partial charge in [-0.15, -0.1) is 0 Å². The molecule has 8 nitrogen and oxygen atoms in total. The molecule has 1 atom stereocenters. The Kier molecular flexibility index (Phi) is 5.68. The van der Waals surface area contributed by atoms with Crippen molar-refractivity contribution in [2.45, 2.75) is 63.8 Å². The number of hydrogen-bond donors (Lipinski definition) is 2. The number of urea groups is 1. The van der Waals surface area contributed by atoms with Crippen LogP contribution in [0.3, 0.4) is 0 Å². The van der Waals surface area contributed by atoms with Crippen LogP contribution in [-0.2, 0) is 45.7 Å². The van der Waals surface area contributed by atoms with E-state index in [0.717, 1.165) is 67.0 Å². The Bertz CT molecular complexity index is 1130. The molecule has 2 aliphatic carbocycles. The average molecular weight is 468 g/mol. The standard InChI is InChI=1S/C21H29N3O5S2/c1-21(10-5-12-24(21)30(2,26)27)11-13-31(28,29)23-20(25)22-19-17-8-3-6-15(17)14-16-7-4-9-18(16)19/h11,13-14H,3-10,12H2,1-2H3,(H2,22,23,25)/b13-11+. The van der Waals surface area contributed by atoms with Crippen molar-refractivity contribution < 1.29 is 21.6 Å². The highest BCUT2D eigenvalue weighted by Gasteiger charge is 2.40. The zero-order valence-electron chi connectivity index (χ0n) is 17.9. The van der Waals surface area contributed by atoms with E-state index in [1.807, 2.05) is 4.72 Å². The van der Waals surface area contributed by atoms with E-state index in [9.17, 15) is 21.6 Å². The van der Waals surface area contributed by atoms with E-state index in [2.05, 4.69) is 11.4 Å². The van der Waals surface area contributed by atoms with E-state index in [-0.39, 0.29) is 0 Å². The van der Waals surface area contributed by atoms with Crippen molar-refractivity contribution in [2.75, 3.05) is 18.1 Å². The maximum Gasteiger partial charge on any atom is 0.333 e. The number of nitrogens with one attached hydrogen (secondary N) is 2. The molecule has 1 aliphatic heterocycles. The molecule has 1 saturated heterocycles. The van der Waals surface area contributed by atoms with Gasteiger partial charge < -0.3 is 5.32 Å². The number of aryl methyl sites for hydroxylation is 2. The van der Waals surface area contributed by atoms with Crippen LogP contribution < -0.4 is 10.0 Å². The van der Waals surface area contributed by atoms with Crippen LogP contribution in [0.2, 0.25) is 0 Å². The average Bonchev–Trinajstić information content (AvgIpc) is 3.38. The summed E-state index contributed by atoms with van der Waals surface area (Å²) in [4.78, 5) is 12.6. The van der Waals surface area contributed by atoms with Gasteiger partial charge in [-0.2, -0.15) is 4.31 Å². The lowest BCUT2D eigenvalue weighted by molar-refractivity contribution is 0.256. The maximum absolute atomic E-state index is 12.6. The molecule has 0 aromatic heterocycles. The molecule has 1 unspecified atom stereocenters. The summed E-state index contributed by atoms with van der Waals surface area (Å²) in [6.45, 7) is 2.03. The summed E-state index contributed by atoms with van der Waals surface area (Å²) in [7, 11) is -7.55. The van der Waals surface area contributed by atoms with Crippen LogP contribution in [0, 0.1) is 0 Å². The number of amides is 2. The van der Waals surface area contributed by atoms with Gasteiger partial charge >= 0.3 is 6.03 Å². The molecule has 1 aromatic rings. The second kappa shape index (κ2) is 7.90. The normalized spacial score (nSPS) is 23.8. The van der Waals surface area contributed by atoms with Gasteiger partial charge in [0.15, 0.2) is 0 Å². The summed E-state index contributed by atoms with van der Waals surface area (Å²) in [5.41, 5.74) is 4.56. The minimum atomic E-state index is -4.09. The lowest BCUT2D eigenvalue weighted by Crippen LogP contribution is -2.43. The minimum absolute atomic E-state index is 0.345. The number of fused-ring (bicyclic) bond motifs is 2. The smallest absolute Gasteiger partial charge is 0.307 e. The third kappa shape index (κ3) is 4.51. The molecule has 170 valence electrons. The topological polar surface area (TPSA) is 113 Å². The first kappa shape index (κ1) is 22.3. The first-order valence-corrected chi connectivity index (χ1v) is 14.1. The summed E-state index contributed by atoms with van der Waals surface area (Å²) in [6.07, 6.45) is 9.42. The molecule has 1 fully saturated rings. The van der Waals surface area contributed by atoms with E-state index in [1.54, 1.807) is 6.92 Å². The molecule has 1 heterocycles. The SMILES string of the molecule is CC1(/C=C/S(=O)(=O)NC(=O)Nc2c3c(cc4c2CCC4)CCC3)CCCN1S(C)(=O)=O. The van der Waals surface area contributed by atoms with E-state index in [0.29, 0.717) is 19.4 Å². The number of rotatable bonds is 5. The Hall–Kier alpha value is -1.91. The van der Waals surface area contributed by atoms with Crippen LogP contribution in [0.5, 0.6) is 0 Å². The third-order valence-electron chi connectivity index (χ3n) is 6.57. The largest absolute Gasteiger partial charge is 0.333 e. The van der Waals surface area contributed by atoms with Crippen molar-refractivity contribution >= 4 is 31.8 Å². The molecule has 0 bridgehead atoms. The highest BCUT2D eigenvalue weighted by atomic mass is 32.2. The molecule has 0 spiro atoms. The van der Waals surface area contributed by atoms with Gasteiger partial charge in [-0.1, -0.05) is 12.1 Å². The van der Waals surface area contributed by atoms with Crippen LogP contribution in [-0.4, -0.2) is 45.5 Å². The zero-order chi connectivity index (χ0) is 22.4. The van der Waals surface area contributed by atoms with Crippen molar-refractivity contribution in [3.63, 3.8) is 0 Å². The number of anilines is 1. The minimum Gasteiger partial charge on any atom is -0.307 e. The molecule has 31 heavy (non-hydrogen) atoms. The van der Waals surface area contributed by atoms with Gasteiger partial charge in [0.2, 0.25) is 10.0 Å². The molecule has 10 heteroatoms. The number of benzene rings is 1. The second-order valence-corrected chi connectivity index (χ2v) is 12.4. The van der Waals surface area contributed by atoms with E-state index in [1.165, 1.54) is 21.5 Å². The Balaban J connectivity index is 1.50. The molecule has 0 saturated carbocycles. The number of nitrogens with zero attached hydrogens (tertiary/aromatic N) is 1. The molecule has 3 aliphatic rings. The summed E-state index contributed by atoms with van der Waals surface area (Å²) < 4.78 is 52.4. The second-order valence-electron chi connectivity index (χ2n) is 8.93. The quantitative estimate of drug-likeness (QED) is 0.691. The molecule has 4 rings (SSSR count). The van der Waals surface area contributed by atoms with Crippen LogP contribution >= 0.6 is 0 Å². The first-order chi connectivity index (χ1) is 14.5. The Morgan fingerprint density at radius 1 is 1.03 bits per heavy atom. The first-order valence-electron chi connectivity index (χ1n) is 10.7. The van der Waals surface area contributed by atoms with E-state index in [4.69, 9.17) is 0 Å². The zero-order valence-corrected chi connectivity index (χ0v) is 19.5.